The van der Waals surface area contributed by atoms with Gasteiger partial charge in [0, 0.05) is 43.9 Å². The van der Waals surface area contributed by atoms with Gasteiger partial charge in [-0.3, -0.25) is 14.4 Å². The van der Waals surface area contributed by atoms with Crippen molar-refractivity contribution in [2.45, 2.75) is 177 Å². The molecule has 7 heteroatoms. The lowest BCUT2D eigenvalue weighted by molar-refractivity contribution is -0.213. The number of Topliss-reactive ketones (excluding diaryl/α,β-unsaturated/α-hetero) is 1. The van der Waals surface area contributed by atoms with Crippen molar-refractivity contribution in [2.75, 3.05) is 13.1 Å². The molecule has 1 saturated heterocycles. The van der Waals surface area contributed by atoms with Crippen LogP contribution < -0.4 is 0 Å². The fourth-order valence-electron chi connectivity index (χ4n) is 13.2. The van der Waals surface area contributed by atoms with E-state index in [0.717, 1.165) is 77.3 Å². The molecule has 0 aromatic carbocycles. The van der Waals surface area contributed by atoms with Crippen molar-refractivity contribution in [1.82, 2.24) is 4.90 Å². The molecule has 1 aliphatic heterocycles. The van der Waals surface area contributed by atoms with Gasteiger partial charge >= 0.3 is 5.97 Å². The van der Waals surface area contributed by atoms with Gasteiger partial charge in [0.1, 0.15) is 11.9 Å². The summed E-state index contributed by atoms with van der Waals surface area (Å²) in [6.45, 7) is 31.3. The van der Waals surface area contributed by atoms with Gasteiger partial charge in [-0.1, -0.05) is 74.8 Å². The van der Waals surface area contributed by atoms with Crippen LogP contribution in [0.15, 0.2) is 11.1 Å². The van der Waals surface area contributed by atoms with Crippen LogP contribution in [0.2, 0.25) is 18.1 Å². The summed E-state index contributed by atoms with van der Waals surface area (Å²) < 4.78 is 12.8. The number of hydrogen-bond donors (Lipinski definition) is 0. The molecule has 6 aliphatic rings. The summed E-state index contributed by atoms with van der Waals surface area (Å²) >= 11 is 0. The van der Waals surface area contributed by atoms with Crippen LogP contribution in [0.4, 0.5) is 0 Å². The van der Waals surface area contributed by atoms with Gasteiger partial charge in [-0.05, 0) is 122 Å². The molecule has 5 fully saturated rings. The lowest BCUT2D eigenvalue weighted by Crippen LogP contribution is -2.64. The first-order chi connectivity index (χ1) is 23.0. The minimum atomic E-state index is -1.89. The highest BCUT2D eigenvalue weighted by Crippen LogP contribution is 2.76. The summed E-state index contributed by atoms with van der Waals surface area (Å²) in [4.78, 5) is 43.5. The van der Waals surface area contributed by atoms with E-state index < -0.39 is 13.7 Å². The van der Waals surface area contributed by atoms with Crippen LogP contribution in [0.1, 0.15) is 147 Å². The van der Waals surface area contributed by atoms with E-state index in [0.29, 0.717) is 24.0 Å². The Morgan fingerprint density at radius 1 is 0.880 bits per heavy atom. The van der Waals surface area contributed by atoms with Gasteiger partial charge in [0.05, 0.1) is 5.41 Å². The van der Waals surface area contributed by atoms with Crippen molar-refractivity contribution in [2.24, 2.45) is 50.7 Å². The Balaban J connectivity index is 1.32. The summed E-state index contributed by atoms with van der Waals surface area (Å²) in [5, 5.41) is 0.163. The molecule has 6 rings (SSSR count). The van der Waals surface area contributed by atoms with Gasteiger partial charge in [-0.2, -0.15) is 0 Å². The summed E-state index contributed by atoms with van der Waals surface area (Å²) in [5.74, 6) is 1.44. The number of ether oxygens (including phenoxy) is 1. The number of esters is 1. The third-order valence-electron chi connectivity index (χ3n) is 17.0. The number of rotatable bonds is 5. The third-order valence-corrected chi connectivity index (χ3v) is 21.5. The summed E-state index contributed by atoms with van der Waals surface area (Å²) in [6.07, 6.45) is 10.5. The molecular formula is C43H71NO5Si. The van der Waals surface area contributed by atoms with Gasteiger partial charge in [0.15, 0.2) is 8.32 Å². The second-order valence-corrected chi connectivity index (χ2v) is 25.9. The summed E-state index contributed by atoms with van der Waals surface area (Å²) in [7, 11) is -1.89. The second-order valence-electron chi connectivity index (χ2n) is 21.1. The minimum Gasteiger partial charge on any atom is -0.462 e. The van der Waals surface area contributed by atoms with Crippen molar-refractivity contribution >= 4 is 26.0 Å². The molecule has 5 aliphatic carbocycles. The molecule has 0 aromatic heterocycles. The van der Waals surface area contributed by atoms with Crippen LogP contribution in [0.3, 0.4) is 0 Å². The average Bonchev–Trinajstić information content (AvgIpc) is 3.31. The Morgan fingerprint density at radius 2 is 1.52 bits per heavy atom. The number of nitrogens with zero attached hydrogens (tertiary/aromatic N) is 1. The number of carbonyl (C=O) groups excluding carboxylic acids is 3. The van der Waals surface area contributed by atoms with Crippen molar-refractivity contribution in [1.29, 1.82) is 0 Å². The van der Waals surface area contributed by atoms with E-state index in [2.05, 4.69) is 87.2 Å². The number of hydrogen-bond acceptors (Lipinski definition) is 5. The van der Waals surface area contributed by atoms with Gasteiger partial charge < -0.3 is 14.1 Å². The van der Waals surface area contributed by atoms with E-state index in [1.54, 1.807) is 6.92 Å². The molecule has 1 amide bonds. The zero-order valence-electron chi connectivity index (χ0n) is 34.1. The molecule has 282 valence electrons. The maximum Gasteiger partial charge on any atom is 0.302 e. The molecule has 1 heterocycles. The van der Waals surface area contributed by atoms with E-state index in [9.17, 15) is 9.59 Å². The predicted molar refractivity (Wildman–Crippen MR) is 203 cm³/mol. The van der Waals surface area contributed by atoms with Crippen LogP contribution in [0.5, 0.6) is 0 Å². The Kier molecular flexibility index (Phi) is 9.40. The third kappa shape index (κ3) is 5.49. The molecule has 6 nitrogen and oxygen atoms in total. The van der Waals surface area contributed by atoms with Gasteiger partial charge in [-0.25, -0.2) is 0 Å². The van der Waals surface area contributed by atoms with Gasteiger partial charge in [0.25, 0.3) is 0 Å². The Labute approximate surface area is 305 Å². The van der Waals surface area contributed by atoms with Crippen molar-refractivity contribution < 1.29 is 23.5 Å². The van der Waals surface area contributed by atoms with Gasteiger partial charge in [-0.15, -0.1) is 0 Å². The SMILES string of the molecule is CC(=O)O[C@H]1CC[C@]2(C)[C@H]3CCC4=C5C(C(C)C)C(=O)C[C@]5(C(=O)N5CCC(O[Si](C)(C)C(C)(C)C)CC5)CC[C@@]4(C)[C@]3(C)CC[C@H]2C1(C)C. The quantitative estimate of drug-likeness (QED) is 0.161. The fourth-order valence-corrected chi connectivity index (χ4v) is 14.6. The highest BCUT2D eigenvalue weighted by molar-refractivity contribution is 6.74. The number of allylic oxidation sites excluding steroid dienone is 1. The number of likely N-dealkylation sites (tertiary alicyclic amines) is 1. The first-order valence-electron chi connectivity index (χ1n) is 20.4. The van der Waals surface area contributed by atoms with E-state index in [1.165, 1.54) is 11.1 Å². The summed E-state index contributed by atoms with van der Waals surface area (Å²) in [5.41, 5.74) is 2.22. The molecule has 0 bridgehead atoms. The minimum absolute atomic E-state index is 0.0272. The molecule has 0 aromatic rings. The highest BCUT2D eigenvalue weighted by Gasteiger charge is 2.70. The van der Waals surface area contributed by atoms with E-state index >= 15 is 4.79 Å². The smallest absolute Gasteiger partial charge is 0.302 e. The van der Waals surface area contributed by atoms with Crippen LogP contribution >= 0.6 is 0 Å². The normalized spacial score (nSPS) is 40.6. The Hall–Kier alpha value is -1.47. The number of piperidine rings is 1. The largest absolute Gasteiger partial charge is 0.462 e. The maximum absolute atomic E-state index is 15.1. The highest BCUT2D eigenvalue weighted by atomic mass is 28.4. The van der Waals surface area contributed by atoms with Crippen LogP contribution in [0.25, 0.3) is 0 Å². The molecule has 1 unspecified atom stereocenters. The van der Waals surface area contributed by atoms with Crippen LogP contribution in [0, 0.1) is 50.7 Å². The summed E-state index contributed by atoms with van der Waals surface area (Å²) in [6, 6.07) is 0. The number of fused-ring (bicyclic) bond motifs is 6. The first kappa shape index (κ1) is 38.3. The molecule has 0 radical (unpaired) electrons. The molecule has 50 heavy (non-hydrogen) atoms. The van der Waals surface area contributed by atoms with E-state index in [1.807, 2.05) is 0 Å². The maximum atomic E-state index is 15.1. The first-order valence-corrected chi connectivity index (χ1v) is 23.3. The standard InChI is InChI=1S/C43H71NO5Si/c1-27(2)35-31(46)26-43(37(47)44-24-18-29(19-25-44)49-50(12,13)38(4,5)6)23-22-41(10)30(36(35)43)14-15-33-40(9)20-17-34(48-28(3)45)39(7,8)32(40)16-21-42(33,41)11/h27,29,32-35H,14-26H2,1-13H3/t32-,33+,34-,35?,40-,41+,42+,43+/m0/s1. The fraction of sp³-hybridized carbons (Fsp3) is 0.884. The number of carbonyl (C=O) groups is 3. The van der Waals surface area contributed by atoms with Crippen molar-refractivity contribution in [3.05, 3.63) is 11.1 Å². The number of ketones is 1. The molecule has 0 N–H and O–H groups in total. The lowest BCUT2D eigenvalue weighted by Gasteiger charge is -2.70. The lowest BCUT2D eigenvalue weighted by atomic mass is 9.34. The van der Waals surface area contributed by atoms with Gasteiger partial charge in [0.2, 0.25) is 5.91 Å². The topological polar surface area (TPSA) is 72.9 Å². The zero-order chi connectivity index (χ0) is 37.0. The molecule has 4 saturated carbocycles. The molecule has 0 spiro atoms. The predicted octanol–water partition coefficient (Wildman–Crippen LogP) is 9.91. The van der Waals surface area contributed by atoms with E-state index in [-0.39, 0.29) is 62.6 Å². The number of amides is 1. The monoisotopic (exact) mass is 710 g/mol. The second kappa shape index (κ2) is 12.3. The van der Waals surface area contributed by atoms with Crippen molar-refractivity contribution in [3.8, 4) is 0 Å². The molecular weight excluding hydrogens is 639 g/mol. The van der Waals surface area contributed by atoms with Crippen LogP contribution in [-0.4, -0.2) is 56.2 Å². The zero-order valence-corrected chi connectivity index (χ0v) is 35.1. The van der Waals surface area contributed by atoms with Crippen molar-refractivity contribution in [3.63, 3.8) is 0 Å². The average molecular weight is 710 g/mol. The van der Waals surface area contributed by atoms with Crippen LogP contribution in [-0.2, 0) is 23.5 Å². The molecule has 8 atom stereocenters. The van der Waals surface area contributed by atoms with E-state index in [4.69, 9.17) is 9.16 Å². The Morgan fingerprint density at radius 3 is 2.10 bits per heavy atom. The Bertz CT molecular complexity index is 1430.